The third-order valence-electron chi connectivity index (χ3n) is 4.49. The topological polar surface area (TPSA) is 71.1 Å². The number of carbonyl (C=O) groups is 2. The van der Waals surface area contributed by atoms with Gasteiger partial charge in [-0.3, -0.25) is 14.6 Å². The molecule has 2 aromatic carbocycles. The monoisotopic (exact) mass is 393 g/mol. The quantitative estimate of drug-likeness (QED) is 0.642. The molecule has 0 saturated carbocycles. The van der Waals surface area contributed by atoms with E-state index in [2.05, 4.69) is 15.6 Å². The second-order valence-electron chi connectivity index (χ2n) is 6.52. The number of hydrogen-bond donors (Lipinski definition) is 2. The number of hydrogen-bond acceptors (Lipinski definition) is 3. The highest BCUT2D eigenvalue weighted by Crippen LogP contribution is 2.24. The fourth-order valence-corrected chi connectivity index (χ4v) is 3.00. The Kier molecular flexibility index (Phi) is 5.76. The number of carbonyl (C=O) groups excluding carboxylic acids is 2. The van der Waals surface area contributed by atoms with Crippen LogP contribution >= 0.6 is 11.6 Å². The molecule has 0 spiro atoms. The number of nitrogens with zero attached hydrogens (tertiary/aromatic N) is 1. The van der Waals surface area contributed by atoms with Crippen molar-refractivity contribution in [3.8, 4) is 0 Å². The van der Waals surface area contributed by atoms with Crippen molar-refractivity contribution in [1.29, 1.82) is 0 Å². The largest absolute Gasteiger partial charge is 0.322 e. The Morgan fingerprint density at radius 2 is 1.57 bits per heavy atom. The van der Waals surface area contributed by atoms with Crippen LogP contribution in [-0.2, 0) is 0 Å². The molecule has 1 aromatic heterocycles. The zero-order chi connectivity index (χ0) is 20.3. The number of anilines is 2. The zero-order valence-electron chi connectivity index (χ0n) is 15.8. The van der Waals surface area contributed by atoms with Gasteiger partial charge in [0.05, 0.1) is 0 Å². The first-order valence-corrected chi connectivity index (χ1v) is 9.14. The molecule has 2 N–H and O–H groups in total. The number of rotatable bonds is 4. The summed E-state index contributed by atoms with van der Waals surface area (Å²) in [6.45, 7) is 5.68. The summed E-state index contributed by atoms with van der Waals surface area (Å²) in [7, 11) is 0. The van der Waals surface area contributed by atoms with Crippen LogP contribution in [0.1, 0.15) is 37.5 Å². The van der Waals surface area contributed by atoms with E-state index in [9.17, 15) is 9.59 Å². The van der Waals surface area contributed by atoms with E-state index in [0.717, 1.165) is 22.4 Å². The molecule has 2 amide bonds. The van der Waals surface area contributed by atoms with E-state index in [-0.39, 0.29) is 11.6 Å². The molecular weight excluding hydrogens is 374 g/mol. The standard InChI is InChI=1S/C22H20ClN3O2/c1-13-6-4-7-14(2)20(13)26-21(27)16-10-11-24-19(12-16)22(28)25-18-9-5-8-17(23)15(18)3/h4-12H,1-3H3,(H,25,28)(H,26,27). The highest BCUT2D eigenvalue weighted by Gasteiger charge is 2.15. The lowest BCUT2D eigenvalue weighted by atomic mass is 10.1. The van der Waals surface area contributed by atoms with Gasteiger partial charge in [-0.2, -0.15) is 0 Å². The number of aryl methyl sites for hydroxylation is 2. The summed E-state index contributed by atoms with van der Waals surface area (Å²) in [5, 5.41) is 6.26. The summed E-state index contributed by atoms with van der Waals surface area (Å²) in [6, 6.07) is 14.1. The smallest absolute Gasteiger partial charge is 0.274 e. The summed E-state index contributed by atoms with van der Waals surface area (Å²) in [4.78, 5) is 29.3. The van der Waals surface area contributed by atoms with Gasteiger partial charge >= 0.3 is 0 Å². The van der Waals surface area contributed by atoms with E-state index >= 15 is 0 Å². The minimum atomic E-state index is -0.410. The van der Waals surface area contributed by atoms with Crippen molar-refractivity contribution in [3.05, 3.63) is 87.7 Å². The number of para-hydroxylation sites is 1. The molecule has 3 aromatic rings. The molecule has 0 unspecified atom stereocenters. The van der Waals surface area contributed by atoms with Crippen LogP contribution in [0.25, 0.3) is 0 Å². The number of pyridine rings is 1. The third kappa shape index (κ3) is 4.21. The minimum absolute atomic E-state index is 0.147. The van der Waals surface area contributed by atoms with Crippen molar-refractivity contribution in [2.45, 2.75) is 20.8 Å². The Hall–Kier alpha value is -3.18. The van der Waals surface area contributed by atoms with Gasteiger partial charge in [-0.05, 0) is 61.7 Å². The Morgan fingerprint density at radius 1 is 0.893 bits per heavy atom. The maximum absolute atomic E-state index is 12.7. The van der Waals surface area contributed by atoms with E-state index < -0.39 is 5.91 Å². The predicted octanol–water partition coefficient (Wildman–Crippen LogP) is 5.16. The third-order valence-corrected chi connectivity index (χ3v) is 4.90. The van der Waals surface area contributed by atoms with Crippen LogP contribution in [0, 0.1) is 20.8 Å². The molecule has 0 atom stereocenters. The number of amides is 2. The average Bonchev–Trinajstić information content (AvgIpc) is 2.68. The maximum atomic E-state index is 12.7. The number of nitrogens with one attached hydrogen (secondary N) is 2. The average molecular weight is 394 g/mol. The second-order valence-corrected chi connectivity index (χ2v) is 6.92. The molecule has 3 rings (SSSR count). The van der Waals surface area contributed by atoms with E-state index in [1.165, 1.54) is 12.3 Å². The highest BCUT2D eigenvalue weighted by molar-refractivity contribution is 6.31. The maximum Gasteiger partial charge on any atom is 0.274 e. The van der Waals surface area contributed by atoms with E-state index in [1.54, 1.807) is 24.3 Å². The Balaban J connectivity index is 1.81. The van der Waals surface area contributed by atoms with Crippen LogP contribution in [0.3, 0.4) is 0 Å². The molecule has 0 bridgehead atoms. The lowest BCUT2D eigenvalue weighted by Gasteiger charge is -2.12. The Morgan fingerprint density at radius 3 is 2.29 bits per heavy atom. The van der Waals surface area contributed by atoms with Crippen molar-refractivity contribution < 1.29 is 9.59 Å². The highest BCUT2D eigenvalue weighted by atomic mass is 35.5. The molecule has 142 valence electrons. The van der Waals surface area contributed by atoms with Gasteiger partial charge in [0.1, 0.15) is 5.69 Å². The first-order valence-electron chi connectivity index (χ1n) is 8.77. The van der Waals surface area contributed by atoms with Crippen molar-refractivity contribution in [3.63, 3.8) is 0 Å². The van der Waals surface area contributed by atoms with Crippen molar-refractivity contribution >= 4 is 34.8 Å². The molecule has 5 nitrogen and oxygen atoms in total. The molecule has 0 aliphatic heterocycles. The summed E-state index contributed by atoms with van der Waals surface area (Å²) in [6.07, 6.45) is 1.44. The van der Waals surface area contributed by atoms with Crippen molar-refractivity contribution in [1.82, 2.24) is 4.98 Å². The van der Waals surface area contributed by atoms with Crippen LogP contribution in [0.15, 0.2) is 54.7 Å². The van der Waals surface area contributed by atoms with Crippen molar-refractivity contribution in [2.75, 3.05) is 10.6 Å². The molecule has 0 aliphatic rings. The first-order chi connectivity index (χ1) is 13.4. The van der Waals surface area contributed by atoms with Gasteiger partial charge in [0.2, 0.25) is 0 Å². The van der Waals surface area contributed by atoms with E-state index in [0.29, 0.717) is 16.3 Å². The van der Waals surface area contributed by atoms with Crippen molar-refractivity contribution in [2.24, 2.45) is 0 Å². The van der Waals surface area contributed by atoms with Gasteiger partial charge in [-0.1, -0.05) is 35.9 Å². The molecule has 0 aliphatic carbocycles. The van der Waals surface area contributed by atoms with Crippen LogP contribution < -0.4 is 10.6 Å². The predicted molar refractivity (Wildman–Crippen MR) is 112 cm³/mol. The van der Waals surface area contributed by atoms with Gasteiger partial charge in [0.25, 0.3) is 11.8 Å². The van der Waals surface area contributed by atoms with E-state index in [4.69, 9.17) is 11.6 Å². The number of benzene rings is 2. The number of halogens is 1. The Bertz CT molecular complexity index is 1040. The van der Waals surface area contributed by atoms with Gasteiger partial charge < -0.3 is 10.6 Å². The van der Waals surface area contributed by atoms with Gasteiger partial charge in [-0.25, -0.2) is 0 Å². The first kappa shape index (κ1) is 19.6. The zero-order valence-corrected chi connectivity index (χ0v) is 16.6. The van der Waals surface area contributed by atoms with Crippen LogP contribution in [-0.4, -0.2) is 16.8 Å². The lowest BCUT2D eigenvalue weighted by Crippen LogP contribution is -2.18. The summed E-state index contributed by atoms with van der Waals surface area (Å²) in [5.41, 5.74) is 4.57. The van der Waals surface area contributed by atoms with Gasteiger partial charge in [-0.15, -0.1) is 0 Å². The molecule has 28 heavy (non-hydrogen) atoms. The molecule has 0 saturated heterocycles. The van der Waals surface area contributed by atoms with Gasteiger partial charge in [0.15, 0.2) is 0 Å². The van der Waals surface area contributed by atoms with Gasteiger partial charge in [0, 0.05) is 28.2 Å². The Labute approximate surface area is 168 Å². The van der Waals surface area contributed by atoms with E-state index in [1.807, 2.05) is 39.0 Å². The summed E-state index contributed by atoms with van der Waals surface area (Å²) < 4.78 is 0. The fourth-order valence-electron chi connectivity index (χ4n) is 2.82. The molecular formula is C22H20ClN3O2. The lowest BCUT2D eigenvalue weighted by molar-refractivity contribution is 0.102. The molecule has 0 fully saturated rings. The molecule has 0 radical (unpaired) electrons. The summed E-state index contributed by atoms with van der Waals surface area (Å²) in [5.74, 6) is -0.708. The fraction of sp³-hybridized carbons (Fsp3) is 0.136. The minimum Gasteiger partial charge on any atom is -0.322 e. The van der Waals surface area contributed by atoms with Crippen LogP contribution in [0.5, 0.6) is 0 Å². The molecule has 1 heterocycles. The summed E-state index contributed by atoms with van der Waals surface area (Å²) >= 11 is 6.09. The van der Waals surface area contributed by atoms with Crippen LogP contribution in [0.2, 0.25) is 5.02 Å². The van der Waals surface area contributed by atoms with Crippen LogP contribution in [0.4, 0.5) is 11.4 Å². The second kappa shape index (κ2) is 8.23. The molecule has 6 heteroatoms. The number of aromatic nitrogens is 1. The SMILES string of the molecule is Cc1cccc(C)c1NC(=O)c1ccnc(C(=O)Nc2cccc(Cl)c2C)c1. The normalized spacial score (nSPS) is 10.4.